The molecule has 2 N–H and O–H groups in total. The largest absolute Gasteiger partial charge is 0.387 e. The normalized spacial score (nSPS) is 10.2. The Morgan fingerprint density at radius 2 is 2.19 bits per heavy atom. The molecule has 0 aliphatic rings. The van der Waals surface area contributed by atoms with E-state index < -0.39 is 4.92 Å². The number of nitrogens with zero attached hydrogens (tertiary/aromatic N) is 1. The highest BCUT2D eigenvalue weighted by Crippen LogP contribution is 2.24. The monoisotopic (exact) mass is 369 g/mol. The molecule has 0 saturated carbocycles. The van der Waals surface area contributed by atoms with Gasteiger partial charge in [-0.2, -0.15) is 0 Å². The number of hydrogen-bond donors (Lipinski definition) is 2. The Bertz CT molecular complexity index is 687. The van der Waals surface area contributed by atoms with Crippen molar-refractivity contribution in [1.82, 2.24) is 5.32 Å². The summed E-state index contributed by atoms with van der Waals surface area (Å²) >= 11 is 4.91. The molecule has 1 aromatic carbocycles. The van der Waals surface area contributed by atoms with Gasteiger partial charge in [0.05, 0.1) is 17.0 Å². The number of benzene rings is 1. The molecule has 1 heterocycles. The van der Waals surface area contributed by atoms with Crippen LogP contribution in [0.1, 0.15) is 15.2 Å². The lowest BCUT2D eigenvalue weighted by Gasteiger charge is -2.09. The number of halogens is 1. The summed E-state index contributed by atoms with van der Waals surface area (Å²) < 4.78 is 0.931. The van der Waals surface area contributed by atoms with Crippen LogP contribution in [0.25, 0.3) is 0 Å². The first-order chi connectivity index (χ1) is 10.0. The second-order valence-electron chi connectivity index (χ2n) is 4.11. The Morgan fingerprint density at radius 1 is 1.43 bits per heavy atom. The summed E-state index contributed by atoms with van der Waals surface area (Å²) in [7, 11) is 1.66. The predicted molar refractivity (Wildman–Crippen MR) is 85.8 cm³/mol. The van der Waals surface area contributed by atoms with Gasteiger partial charge >= 0.3 is 0 Å². The van der Waals surface area contributed by atoms with Crippen molar-refractivity contribution in [1.29, 1.82) is 0 Å². The first-order valence-corrected chi connectivity index (χ1v) is 7.66. The van der Waals surface area contributed by atoms with E-state index in [2.05, 4.69) is 26.6 Å². The first-order valence-electron chi connectivity index (χ1n) is 5.99. The lowest BCUT2D eigenvalue weighted by atomic mass is 10.1. The molecule has 0 bridgehead atoms. The van der Waals surface area contributed by atoms with Gasteiger partial charge in [-0.05, 0) is 33.4 Å². The molecule has 0 aliphatic heterocycles. The van der Waals surface area contributed by atoms with Crippen LogP contribution >= 0.6 is 27.3 Å². The second-order valence-corrected chi connectivity index (χ2v) is 5.97. The molecule has 21 heavy (non-hydrogen) atoms. The number of non-ortho nitro benzene ring substituents is 1. The quantitative estimate of drug-likeness (QED) is 0.624. The lowest BCUT2D eigenvalue weighted by Crippen LogP contribution is -2.23. The predicted octanol–water partition coefficient (Wildman–Crippen LogP) is 3.39. The summed E-state index contributed by atoms with van der Waals surface area (Å²) in [5.74, 6) is -0.358. The zero-order valence-electron chi connectivity index (χ0n) is 11.1. The fraction of sp³-hybridized carbons (Fsp3) is 0.154. The number of anilines is 1. The molecule has 1 amide bonds. The van der Waals surface area contributed by atoms with E-state index >= 15 is 0 Å². The fourth-order valence-electron chi connectivity index (χ4n) is 1.76. The fourth-order valence-corrected chi connectivity index (χ4v) is 3.19. The second kappa shape index (κ2) is 6.68. The minimum absolute atomic E-state index is 0.114. The highest BCUT2D eigenvalue weighted by Gasteiger charge is 2.16. The van der Waals surface area contributed by atoms with Crippen LogP contribution in [0.2, 0.25) is 0 Å². The average molecular weight is 370 g/mol. The molecule has 2 rings (SSSR count). The third-order valence-electron chi connectivity index (χ3n) is 2.83. The van der Waals surface area contributed by atoms with E-state index in [1.807, 2.05) is 11.4 Å². The summed E-state index contributed by atoms with van der Waals surface area (Å²) in [6.07, 6.45) is 0. The smallest absolute Gasteiger partial charge is 0.270 e. The summed E-state index contributed by atoms with van der Waals surface area (Å²) in [5, 5.41) is 18.3. The van der Waals surface area contributed by atoms with E-state index in [1.54, 1.807) is 7.05 Å². The molecule has 1 aromatic heterocycles. The van der Waals surface area contributed by atoms with Gasteiger partial charge in [0.15, 0.2) is 0 Å². The maximum absolute atomic E-state index is 12.2. The van der Waals surface area contributed by atoms with Gasteiger partial charge in [-0.1, -0.05) is 0 Å². The summed E-state index contributed by atoms with van der Waals surface area (Å²) in [6, 6.07) is 6.05. The van der Waals surface area contributed by atoms with E-state index in [9.17, 15) is 14.9 Å². The van der Waals surface area contributed by atoms with Crippen molar-refractivity contribution in [3.05, 3.63) is 54.7 Å². The molecule has 8 heteroatoms. The van der Waals surface area contributed by atoms with Crippen LogP contribution in [-0.4, -0.2) is 17.9 Å². The van der Waals surface area contributed by atoms with Crippen molar-refractivity contribution in [3.8, 4) is 0 Å². The molecule has 2 aromatic rings. The third kappa shape index (κ3) is 3.59. The van der Waals surface area contributed by atoms with Gasteiger partial charge in [0.2, 0.25) is 0 Å². The SMILES string of the molecule is CNc1ccc([N+](=O)[O-])cc1C(=O)NCc1sccc1Br. The molecule has 110 valence electrons. The Kier molecular flexibility index (Phi) is 4.92. The Balaban J connectivity index is 2.19. The standard InChI is InChI=1S/C13H12BrN3O3S/c1-15-11-3-2-8(17(19)20)6-9(11)13(18)16-7-12-10(14)4-5-21-12/h2-6,15H,7H2,1H3,(H,16,18). The molecule has 0 radical (unpaired) electrons. The molecule has 0 unspecified atom stereocenters. The van der Waals surface area contributed by atoms with E-state index in [0.717, 1.165) is 9.35 Å². The van der Waals surface area contributed by atoms with Crippen molar-refractivity contribution >= 4 is 44.5 Å². The number of nitrogens with one attached hydrogen (secondary N) is 2. The number of carbonyl (C=O) groups is 1. The number of nitro groups is 1. The van der Waals surface area contributed by atoms with Crippen molar-refractivity contribution < 1.29 is 9.72 Å². The van der Waals surface area contributed by atoms with Gasteiger partial charge in [-0.25, -0.2) is 0 Å². The van der Waals surface area contributed by atoms with Crippen molar-refractivity contribution in [2.24, 2.45) is 0 Å². The number of rotatable bonds is 5. The van der Waals surface area contributed by atoms with Crippen molar-refractivity contribution in [3.63, 3.8) is 0 Å². The van der Waals surface area contributed by atoms with Gasteiger partial charge in [0.1, 0.15) is 0 Å². The van der Waals surface area contributed by atoms with Crippen molar-refractivity contribution in [2.45, 2.75) is 6.54 Å². The molecule has 0 fully saturated rings. The zero-order valence-corrected chi connectivity index (χ0v) is 13.5. The average Bonchev–Trinajstić information content (AvgIpc) is 2.89. The maximum Gasteiger partial charge on any atom is 0.270 e. The zero-order chi connectivity index (χ0) is 15.4. The van der Waals surface area contributed by atoms with Gasteiger partial charge in [-0.3, -0.25) is 14.9 Å². The van der Waals surface area contributed by atoms with Gasteiger partial charge in [0.25, 0.3) is 11.6 Å². The van der Waals surface area contributed by atoms with Crippen LogP contribution in [0, 0.1) is 10.1 Å². The van der Waals surface area contributed by atoms with Gasteiger partial charge in [-0.15, -0.1) is 11.3 Å². The minimum atomic E-state index is -0.522. The molecule has 0 aliphatic carbocycles. The lowest BCUT2D eigenvalue weighted by molar-refractivity contribution is -0.384. The van der Waals surface area contributed by atoms with Crippen LogP contribution in [-0.2, 0) is 6.54 Å². The number of thiophene rings is 1. The number of amides is 1. The maximum atomic E-state index is 12.2. The van der Waals surface area contributed by atoms with Gasteiger partial charge < -0.3 is 10.6 Å². The summed E-state index contributed by atoms with van der Waals surface area (Å²) in [4.78, 5) is 23.5. The molecule has 0 saturated heterocycles. The third-order valence-corrected chi connectivity index (χ3v) is 4.75. The van der Waals surface area contributed by atoms with Crippen LogP contribution < -0.4 is 10.6 Å². The minimum Gasteiger partial charge on any atom is -0.387 e. The Labute approximate surface area is 133 Å². The first kappa shape index (κ1) is 15.5. The molecule has 0 spiro atoms. The van der Waals surface area contributed by atoms with Crippen molar-refractivity contribution in [2.75, 3.05) is 12.4 Å². The van der Waals surface area contributed by atoms with Crippen LogP contribution in [0.15, 0.2) is 34.1 Å². The summed E-state index contributed by atoms with van der Waals surface area (Å²) in [6.45, 7) is 0.364. The van der Waals surface area contributed by atoms with Gasteiger partial charge in [0, 0.05) is 34.2 Å². The highest BCUT2D eigenvalue weighted by atomic mass is 79.9. The van der Waals surface area contributed by atoms with Crippen LogP contribution in [0.3, 0.4) is 0 Å². The number of hydrogen-bond acceptors (Lipinski definition) is 5. The molecular formula is C13H12BrN3O3S. The Hall–Kier alpha value is -1.93. The topological polar surface area (TPSA) is 84.3 Å². The van der Waals surface area contributed by atoms with E-state index in [4.69, 9.17) is 0 Å². The molecule has 0 atom stereocenters. The highest BCUT2D eigenvalue weighted by molar-refractivity contribution is 9.10. The summed E-state index contributed by atoms with van der Waals surface area (Å²) in [5.41, 5.74) is 0.680. The Morgan fingerprint density at radius 3 is 2.76 bits per heavy atom. The van der Waals surface area contributed by atoms with E-state index in [-0.39, 0.29) is 17.2 Å². The number of nitro benzene ring substituents is 1. The molecular weight excluding hydrogens is 358 g/mol. The number of carbonyl (C=O) groups excluding carboxylic acids is 1. The van der Waals surface area contributed by atoms with Crippen LogP contribution in [0.4, 0.5) is 11.4 Å². The van der Waals surface area contributed by atoms with E-state index in [0.29, 0.717) is 12.2 Å². The van der Waals surface area contributed by atoms with E-state index in [1.165, 1.54) is 29.5 Å². The molecule has 6 nitrogen and oxygen atoms in total. The van der Waals surface area contributed by atoms with Crippen LogP contribution in [0.5, 0.6) is 0 Å².